The number of ether oxygens (including phenoxy) is 1. The number of para-hydroxylation sites is 1. The zero-order chi connectivity index (χ0) is 33.0. The Labute approximate surface area is 265 Å². The number of phenols is 1. The third kappa shape index (κ3) is 11.4. The van der Waals surface area contributed by atoms with Crippen LogP contribution in [0.25, 0.3) is 0 Å². The number of alkyl carbamates (subject to hydrolysis) is 1. The minimum Gasteiger partial charge on any atom is -0.508 e. The molecule has 0 fully saturated rings. The number of halogens is 1. The number of carbonyl (C=O) groups is 4. The van der Waals surface area contributed by atoms with Crippen LogP contribution in [0.1, 0.15) is 95.4 Å². The number of nitrogens with one attached hydrogen (secondary N) is 2. The van der Waals surface area contributed by atoms with E-state index in [0.29, 0.717) is 28.3 Å². The summed E-state index contributed by atoms with van der Waals surface area (Å²) >= 11 is 6.44. The van der Waals surface area contributed by atoms with Crippen LogP contribution in [0.5, 0.6) is 5.75 Å². The largest absolute Gasteiger partial charge is 0.508 e. The van der Waals surface area contributed by atoms with Crippen LogP contribution in [0.4, 0.5) is 10.5 Å². The molecule has 0 saturated carbocycles. The molecule has 0 aromatic heterocycles. The van der Waals surface area contributed by atoms with Crippen molar-refractivity contribution in [3.05, 3.63) is 58.1 Å². The van der Waals surface area contributed by atoms with Crippen LogP contribution >= 0.6 is 11.6 Å². The first-order valence-corrected chi connectivity index (χ1v) is 15.5. The molecule has 2 rings (SSSR count). The number of hydrogen-bond donors (Lipinski definition) is 4. The molecule has 44 heavy (non-hydrogen) atoms. The van der Waals surface area contributed by atoms with Gasteiger partial charge >= 0.3 is 6.09 Å². The highest BCUT2D eigenvalue weighted by Crippen LogP contribution is 2.31. The Morgan fingerprint density at radius 1 is 1.02 bits per heavy atom. The summed E-state index contributed by atoms with van der Waals surface area (Å²) in [4.78, 5) is 54.5. The summed E-state index contributed by atoms with van der Waals surface area (Å²) in [5.74, 6) is -1.70. The SMILES string of the molecule is CCCCCCCN(C(=O)C(CCC(N)=O)NC(=O)OC(C)(C)C)C(C(=O)Nc1c(C)cccc1Cl)c1ccc(O)c(C)c1. The van der Waals surface area contributed by atoms with Gasteiger partial charge in [0.1, 0.15) is 23.4 Å². The molecule has 2 aromatic rings. The molecule has 2 aromatic carbocycles. The lowest BCUT2D eigenvalue weighted by molar-refractivity contribution is -0.141. The molecule has 0 aliphatic rings. The summed E-state index contributed by atoms with van der Waals surface area (Å²) in [7, 11) is 0. The Morgan fingerprint density at radius 3 is 2.30 bits per heavy atom. The molecule has 0 aliphatic carbocycles. The maximum Gasteiger partial charge on any atom is 0.408 e. The predicted molar refractivity (Wildman–Crippen MR) is 172 cm³/mol. The number of primary amides is 1. The molecule has 5 N–H and O–H groups in total. The molecular formula is C33H47ClN4O6. The number of anilines is 1. The third-order valence-corrected chi connectivity index (χ3v) is 7.34. The van der Waals surface area contributed by atoms with E-state index in [-0.39, 0.29) is 25.1 Å². The summed E-state index contributed by atoms with van der Waals surface area (Å²) in [5.41, 5.74) is 6.69. The van der Waals surface area contributed by atoms with E-state index >= 15 is 0 Å². The van der Waals surface area contributed by atoms with Gasteiger partial charge in [0.2, 0.25) is 11.8 Å². The van der Waals surface area contributed by atoms with E-state index in [9.17, 15) is 24.3 Å². The van der Waals surface area contributed by atoms with Crippen molar-refractivity contribution < 1.29 is 29.0 Å². The Bertz CT molecular complexity index is 1290. The van der Waals surface area contributed by atoms with Crippen molar-refractivity contribution in [3.63, 3.8) is 0 Å². The molecule has 0 bridgehead atoms. The van der Waals surface area contributed by atoms with Crippen LogP contribution in [0.2, 0.25) is 5.02 Å². The molecule has 11 heteroatoms. The molecule has 0 heterocycles. The molecule has 2 atom stereocenters. The van der Waals surface area contributed by atoms with Gasteiger partial charge in [-0.1, -0.05) is 62.4 Å². The molecule has 10 nitrogen and oxygen atoms in total. The smallest absolute Gasteiger partial charge is 0.408 e. The Hall–Kier alpha value is -3.79. The van der Waals surface area contributed by atoms with Gasteiger partial charge in [-0.2, -0.15) is 0 Å². The number of carbonyl (C=O) groups excluding carboxylic acids is 4. The first kappa shape index (κ1) is 36.4. The molecule has 0 aliphatic heterocycles. The molecule has 4 amide bonds. The Kier molecular flexibility index (Phi) is 14.0. The fourth-order valence-electron chi connectivity index (χ4n) is 4.75. The van der Waals surface area contributed by atoms with Gasteiger partial charge in [0.25, 0.3) is 5.91 Å². The van der Waals surface area contributed by atoms with E-state index in [1.165, 1.54) is 11.0 Å². The number of unbranched alkanes of at least 4 members (excludes halogenated alkanes) is 4. The van der Waals surface area contributed by atoms with E-state index in [2.05, 4.69) is 17.6 Å². The zero-order valence-electron chi connectivity index (χ0n) is 26.7. The summed E-state index contributed by atoms with van der Waals surface area (Å²) in [6.45, 7) is 10.9. The summed E-state index contributed by atoms with van der Waals surface area (Å²) in [5, 5.41) is 16.1. The lowest BCUT2D eigenvalue weighted by Gasteiger charge is -2.35. The highest BCUT2D eigenvalue weighted by atomic mass is 35.5. The van der Waals surface area contributed by atoms with Crippen LogP contribution < -0.4 is 16.4 Å². The number of benzene rings is 2. The van der Waals surface area contributed by atoms with E-state index < -0.39 is 41.5 Å². The molecule has 0 radical (unpaired) electrons. The van der Waals surface area contributed by atoms with Gasteiger partial charge in [-0.05, 0) is 82.3 Å². The number of hydrogen-bond acceptors (Lipinski definition) is 6. The number of aryl methyl sites for hydroxylation is 2. The van der Waals surface area contributed by atoms with Crippen molar-refractivity contribution in [1.29, 1.82) is 0 Å². The third-order valence-electron chi connectivity index (χ3n) is 7.02. The fraction of sp³-hybridized carbons (Fsp3) is 0.515. The first-order chi connectivity index (χ1) is 20.6. The molecule has 242 valence electrons. The number of nitrogens with two attached hydrogens (primary N) is 1. The van der Waals surface area contributed by atoms with Crippen molar-refractivity contribution in [2.24, 2.45) is 5.73 Å². The predicted octanol–water partition coefficient (Wildman–Crippen LogP) is 6.30. The molecule has 0 saturated heterocycles. The van der Waals surface area contributed by atoms with Crippen LogP contribution in [0.3, 0.4) is 0 Å². The standard InChI is InChI=1S/C33H47ClN4O6/c1-7-8-9-10-11-19-38(31(42)25(16-18-27(35)40)36-32(43)44-33(4,5)6)29(23-15-17-26(39)22(3)20-23)30(41)37-28-21(2)13-12-14-24(28)34/h12-15,17,20,25,29,39H,7-11,16,18-19H2,1-6H3,(H2,35,40)(H,36,43)(H,37,41). The van der Waals surface area contributed by atoms with Crippen molar-refractivity contribution >= 4 is 41.1 Å². The van der Waals surface area contributed by atoms with E-state index in [0.717, 1.165) is 31.2 Å². The van der Waals surface area contributed by atoms with Gasteiger partial charge in [0.05, 0.1) is 10.7 Å². The second-order valence-corrected chi connectivity index (χ2v) is 12.4. The van der Waals surface area contributed by atoms with Crippen LogP contribution in [0, 0.1) is 13.8 Å². The average molecular weight is 631 g/mol. The average Bonchev–Trinajstić information content (AvgIpc) is 2.92. The lowest BCUT2D eigenvalue weighted by Crippen LogP contribution is -2.53. The van der Waals surface area contributed by atoms with Crippen molar-refractivity contribution in [2.75, 3.05) is 11.9 Å². The molecule has 0 spiro atoms. The van der Waals surface area contributed by atoms with E-state index in [1.807, 2.05) is 13.0 Å². The van der Waals surface area contributed by atoms with E-state index in [4.69, 9.17) is 22.1 Å². The summed E-state index contributed by atoms with van der Waals surface area (Å²) in [6, 6.07) is 7.57. The Morgan fingerprint density at radius 2 is 1.70 bits per heavy atom. The maximum absolute atomic E-state index is 14.4. The second-order valence-electron chi connectivity index (χ2n) is 12.0. The summed E-state index contributed by atoms with van der Waals surface area (Å²) in [6.07, 6.45) is 3.32. The topological polar surface area (TPSA) is 151 Å². The highest BCUT2D eigenvalue weighted by Gasteiger charge is 2.36. The normalized spacial score (nSPS) is 12.6. The quantitative estimate of drug-likeness (QED) is 0.170. The monoisotopic (exact) mass is 630 g/mol. The van der Waals surface area contributed by atoms with Gasteiger partial charge < -0.3 is 31.1 Å². The van der Waals surface area contributed by atoms with Crippen molar-refractivity contribution in [3.8, 4) is 5.75 Å². The Balaban J connectivity index is 2.62. The van der Waals surface area contributed by atoms with Crippen LogP contribution in [0.15, 0.2) is 36.4 Å². The van der Waals surface area contributed by atoms with Gasteiger partial charge in [-0.3, -0.25) is 14.4 Å². The maximum atomic E-state index is 14.4. The number of rotatable bonds is 15. The lowest BCUT2D eigenvalue weighted by atomic mass is 9.98. The second kappa shape index (κ2) is 16.9. The fourth-order valence-corrected chi connectivity index (χ4v) is 5.02. The van der Waals surface area contributed by atoms with Gasteiger partial charge in [-0.25, -0.2) is 4.79 Å². The highest BCUT2D eigenvalue weighted by molar-refractivity contribution is 6.34. The van der Waals surface area contributed by atoms with Gasteiger partial charge in [-0.15, -0.1) is 0 Å². The van der Waals surface area contributed by atoms with Gasteiger partial charge in [0, 0.05) is 13.0 Å². The number of phenolic OH excluding ortho intramolecular Hbond substituents is 1. The number of amides is 4. The number of nitrogens with zero attached hydrogens (tertiary/aromatic N) is 1. The number of aromatic hydroxyl groups is 1. The first-order valence-electron chi connectivity index (χ1n) is 15.1. The minimum absolute atomic E-state index is 0.0400. The minimum atomic E-state index is -1.21. The zero-order valence-corrected chi connectivity index (χ0v) is 27.4. The van der Waals surface area contributed by atoms with Crippen molar-refractivity contribution in [1.82, 2.24) is 10.2 Å². The van der Waals surface area contributed by atoms with Crippen LogP contribution in [-0.2, 0) is 19.1 Å². The van der Waals surface area contributed by atoms with E-state index in [1.54, 1.807) is 52.0 Å². The molecule has 2 unspecified atom stereocenters. The van der Waals surface area contributed by atoms with Crippen LogP contribution in [-0.4, -0.2) is 52.0 Å². The summed E-state index contributed by atoms with van der Waals surface area (Å²) < 4.78 is 5.40. The van der Waals surface area contributed by atoms with Crippen molar-refractivity contribution in [2.45, 2.75) is 104 Å². The molecular weight excluding hydrogens is 584 g/mol. The van der Waals surface area contributed by atoms with Gasteiger partial charge in [0.15, 0.2) is 0 Å².